The normalized spacial score (nSPS) is 10.1. The molecule has 4 N–H and O–H groups in total. The van der Waals surface area contributed by atoms with Gasteiger partial charge in [0.2, 0.25) is 0 Å². The van der Waals surface area contributed by atoms with Crippen LogP contribution in [0.15, 0.2) is 70.9 Å². The number of nitrogens with one attached hydrogen (secondary N) is 2. The third-order valence-corrected chi connectivity index (χ3v) is 4.86. The highest BCUT2D eigenvalue weighted by molar-refractivity contribution is 7.08. The minimum atomic E-state index is -1.24. The second-order valence-electron chi connectivity index (χ2n) is 6.22. The SMILES string of the molecule is O=C(Nc1ccccc1C(=O)O)C(=Cc1ccsc1)C(=O)Nc1ccccc1C(=O)O. The van der Waals surface area contributed by atoms with Crippen molar-refractivity contribution in [3.05, 3.63) is 87.6 Å². The monoisotopic (exact) mass is 436 g/mol. The fraction of sp³-hybridized carbons (Fsp3) is 0. The van der Waals surface area contributed by atoms with Gasteiger partial charge in [0.25, 0.3) is 11.8 Å². The van der Waals surface area contributed by atoms with Crippen LogP contribution in [0.4, 0.5) is 11.4 Å². The number of aromatic carboxylic acids is 2. The number of carboxylic acids is 2. The second kappa shape index (κ2) is 9.51. The fourth-order valence-corrected chi connectivity index (χ4v) is 3.31. The van der Waals surface area contributed by atoms with Crippen molar-refractivity contribution in [2.45, 2.75) is 0 Å². The van der Waals surface area contributed by atoms with Crippen molar-refractivity contribution in [3.63, 3.8) is 0 Å². The van der Waals surface area contributed by atoms with E-state index in [-0.39, 0.29) is 28.1 Å². The van der Waals surface area contributed by atoms with E-state index in [0.29, 0.717) is 5.56 Å². The number of carbonyl (C=O) groups is 4. The molecule has 1 heterocycles. The minimum Gasteiger partial charge on any atom is -0.478 e. The number of rotatable bonds is 7. The highest BCUT2D eigenvalue weighted by Crippen LogP contribution is 2.20. The molecule has 3 rings (SSSR count). The Hall–Kier alpha value is -4.24. The van der Waals surface area contributed by atoms with Gasteiger partial charge in [-0.3, -0.25) is 9.59 Å². The minimum absolute atomic E-state index is 0.0231. The van der Waals surface area contributed by atoms with Gasteiger partial charge < -0.3 is 20.8 Å². The Balaban J connectivity index is 1.94. The van der Waals surface area contributed by atoms with Gasteiger partial charge in [-0.15, -0.1) is 0 Å². The average Bonchev–Trinajstić information content (AvgIpc) is 3.25. The zero-order valence-electron chi connectivity index (χ0n) is 15.9. The molecule has 0 saturated carbocycles. The van der Waals surface area contributed by atoms with Crippen LogP contribution in [0.5, 0.6) is 0 Å². The Morgan fingerprint density at radius 2 is 1.23 bits per heavy atom. The molecule has 0 radical (unpaired) electrons. The summed E-state index contributed by atoms with van der Waals surface area (Å²) >= 11 is 1.36. The van der Waals surface area contributed by atoms with Gasteiger partial charge in [-0.25, -0.2) is 9.59 Å². The van der Waals surface area contributed by atoms with E-state index >= 15 is 0 Å². The molecule has 0 atom stereocenters. The number of thiophene rings is 1. The maximum absolute atomic E-state index is 12.9. The van der Waals surface area contributed by atoms with Crippen molar-refractivity contribution >= 4 is 52.5 Å². The first-order chi connectivity index (χ1) is 14.9. The van der Waals surface area contributed by atoms with Gasteiger partial charge in [-0.05, 0) is 52.7 Å². The van der Waals surface area contributed by atoms with Crippen LogP contribution in [0.3, 0.4) is 0 Å². The third kappa shape index (κ3) is 5.22. The van der Waals surface area contributed by atoms with Crippen LogP contribution in [0.25, 0.3) is 6.08 Å². The van der Waals surface area contributed by atoms with E-state index in [1.165, 1.54) is 53.8 Å². The van der Waals surface area contributed by atoms with Crippen LogP contribution in [0.1, 0.15) is 26.3 Å². The van der Waals surface area contributed by atoms with E-state index in [2.05, 4.69) is 10.6 Å². The van der Waals surface area contributed by atoms with Crippen LogP contribution in [-0.4, -0.2) is 34.0 Å². The fourth-order valence-electron chi connectivity index (χ4n) is 2.69. The van der Waals surface area contributed by atoms with Gasteiger partial charge in [-0.2, -0.15) is 11.3 Å². The van der Waals surface area contributed by atoms with Crippen molar-refractivity contribution in [3.8, 4) is 0 Å². The number of amides is 2. The summed E-state index contributed by atoms with van der Waals surface area (Å²) in [6.07, 6.45) is 1.34. The maximum atomic E-state index is 12.9. The maximum Gasteiger partial charge on any atom is 0.337 e. The molecule has 3 aromatic rings. The molecule has 0 bridgehead atoms. The number of para-hydroxylation sites is 2. The number of hydrogen-bond donors (Lipinski definition) is 4. The quantitative estimate of drug-likeness (QED) is 0.253. The van der Waals surface area contributed by atoms with Gasteiger partial charge in [0.05, 0.1) is 22.5 Å². The number of hydrogen-bond acceptors (Lipinski definition) is 5. The first-order valence-electron chi connectivity index (χ1n) is 8.88. The van der Waals surface area contributed by atoms with Crippen LogP contribution in [-0.2, 0) is 9.59 Å². The topological polar surface area (TPSA) is 133 Å². The van der Waals surface area contributed by atoms with E-state index in [4.69, 9.17) is 0 Å². The van der Waals surface area contributed by atoms with Crippen LogP contribution in [0, 0.1) is 0 Å². The average molecular weight is 436 g/mol. The first kappa shape index (κ1) is 21.5. The summed E-state index contributed by atoms with van der Waals surface area (Å²) in [7, 11) is 0. The lowest BCUT2D eigenvalue weighted by Crippen LogP contribution is -2.26. The Morgan fingerprint density at radius 1 is 0.742 bits per heavy atom. The van der Waals surface area contributed by atoms with E-state index in [9.17, 15) is 29.4 Å². The second-order valence-corrected chi connectivity index (χ2v) is 7.00. The number of carboxylic acid groups (broad SMARTS) is 2. The van der Waals surface area contributed by atoms with E-state index in [1.54, 1.807) is 29.0 Å². The standard InChI is InChI=1S/C22H16N2O6S/c25-19(23-17-7-3-1-5-14(17)21(27)28)16(11-13-9-10-31-12-13)20(26)24-18-8-4-2-6-15(18)22(29)30/h1-12H,(H,23,25)(H,24,26)(H,27,28)(H,29,30). The van der Waals surface area contributed by atoms with Crippen LogP contribution in [0.2, 0.25) is 0 Å². The molecule has 0 aliphatic rings. The first-order valence-corrected chi connectivity index (χ1v) is 9.82. The molecule has 31 heavy (non-hydrogen) atoms. The lowest BCUT2D eigenvalue weighted by Gasteiger charge is -2.12. The molecule has 0 fully saturated rings. The van der Waals surface area contributed by atoms with Crippen molar-refractivity contribution in [2.24, 2.45) is 0 Å². The summed E-state index contributed by atoms with van der Waals surface area (Å²) < 4.78 is 0. The van der Waals surface area contributed by atoms with E-state index in [0.717, 1.165) is 0 Å². The van der Waals surface area contributed by atoms with Crippen molar-refractivity contribution in [2.75, 3.05) is 10.6 Å². The van der Waals surface area contributed by atoms with Crippen molar-refractivity contribution < 1.29 is 29.4 Å². The predicted molar refractivity (Wildman–Crippen MR) is 116 cm³/mol. The molecule has 8 nitrogen and oxygen atoms in total. The van der Waals surface area contributed by atoms with E-state index in [1.807, 2.05) is 0 Å². The molecule has 9 heteroatoms. The van der Waals surface area contributed by atoms with Gasteiger partial charge in [-0.1, -0.05) is 24.3 Å². The summed E-state index contributed by atoms with van der Waals surface area (Å²) in [5, 5.41) is 27.0. The number of anilines is 2. The molecule has 0 aliphatic heterocycles. The molecule has 0 saturated heterocycles. The molecule has 1 aromatic heterocycles. The Bertz CT molecular complexity index is 1110. The Labute approximate surface area is 180 Å². The van der Waals surface area contributed by atoms with Gasteiger partial charge >= 0.3 is 11.9 Å². The zero-order chi connectivity index (χ0) is 22.4. The predicted octanol–water partition coefficient (Wildman–Crippen LogP) is 3.81. The zero-order valence-corrected chi connectivity index (χ0v) is 16.7. The summed E-state index contributed by atoms with van der Waals surface area (Å²) in [6.45, 7) is 0. The molecular formula is C22H16N2O6S. The van der Waals surface area contributed by atoms with Crippen LogP contribution >= 0.6 is 11.3 Å². The molecule has 0 spiro atoms. The number of benzene rings is 2. The Morgan fingerprint density at radius 3 is 1.65 bits per heavy atom. The molecule has 0 aliphatic carbocycles. The molecule has 156 valence electrons. The highest BCUT2D eigenvalue weighted by Gasteiger charge is 2.22. The summed E-state index contributed by atoms with van der Waals surface area (Å²) in [5.41, 5.74) is 0.0387. The van der Waals surface area contributed by atoms with Crippen molar-refractivity contribution in [1.29, 1.82) is 0 Å². The smallest absolute Gasteiger partial charge is 0.337 e. The van der Waals surface area contributed by atoms with Gasteiger partial charge in [0, 0.05) is 0 Å². The van der Waals surface area contributed by atoms with Gasteiger partial charge in [0.15, 0.2) is 0 Å². The lowest BCUT2D eigenvalue weighted by molar-refractivity contribution is -0.118. The summed E-state index contributed by atoms with van der Waals surface area (Å²) in [5.74, 6) is -4.16. The van der Waals surface area contributed by atoms with E-state index < -0.39 is 23.8 Å². The van der Waals surface area contributed by atoms with Crippen LogP contribution < -0.4 is 10.6 Å². The largest absolute Gasteiger partial charge is 0.478 e. The Kier molecular flexibility index (Phi) is 6.58. The highest BCUT2D eigenvalue weighted by atomic mass is 32.1. The summed E-state index contributed by atoms with van der Waals surface area (Å²) in [4.78, 5) is 48.6. The van der Waals surface area contributed by atoms with Gasteiger partial charge in [0.1, 0.15) is 5.57 Å². The lowest BCUT2D eigenvalue weighted by atomic mass is 10.1. The number of carbonyl (C=O) groups excluding carboxylic acids is 2. The third-order valence-electron chi connectivity index (χ3n) is 4.15. The molecule has 0 unspecified atom stereocenters. The summed E-state index contributed by atoms with van der Waals surface area (Å²) in [6, 6.07) is 13.3. The molecular weight excluding hydrogens is 420 g/mol. The molecule has 2 amide bonds. The molecule has 2 aromatic carbocycles. The van der Waals surface area contributed by atoms with Crippen molar-refractivity contribution in [1.82, 2.24) is 0 Å².